The molecule has 1 fully saturated rings. The van der Waals surface area contributed by atoms with Crippen LogP contribution in [0.1, 0.15) is 59.8 Å². The number of piperazine rings is 1. The van der Waals surface area contributed by atoms with Gasteiger partial charge in [-0.05, 0) is 61.4 Å². The summed E-state index contributed by atoms with van der Waals surface area (Å²) in [4.78, 5) is 36.9. The Balaban J connectivity index is 1.82. The first-order valence-electron chi connectivity index (χ1n) is 14.9. The molecule has 0 atom stereocenters. The fraction of sp³-hybridized carbons (Fsp3) is 0.382. The van der Waals surface area contributed by atoms with Gasteiger partial charge in [-0.3, -0.25) is 14.2 Å². The molecule has 220 valence electrons. The van der Waals surface area contributed by atoms with Gasteiger partial charge < -0.3 is 10.2 Å². The van der Waals surface area contributed by atoms with Crippen molar-refractivity contribution in [2.45, 2.75) is 53.9 Å². The third kappa shape index (κ3) is 5.96. The van der Waals surface area contributed by atoms with Gasteiger partial charge in [-0.2, -0.15) is 0 Å². The molecule has 5 rings (SSSR count). The van der Waals surface area contributed by atoms with Crippen LogP contribution in [-0.4, -0.2) is 46.5 Å². The topological polar surface area (TPSA) is 67.2 Å². The van der Waals surface area contributed by atoms with E-state index in [9.17, 15) is 9.59 Å². The molecule has 6 nitrogen and oxygen atoms in total. The predicted octanol–water partition coefficient (Wildman–Crippen LogP) is 6.96. The molecular weight excluding hydrogens is 564 g/mol. The van der Waals surface area contributed by atoms with Crippen molar-refractivity contribution in [3.63, 3.8) is 0 Å². The third-order valence-electron chi connectivity index (χ3n) is 7.87. The molecule has 2 aromatic heterocycles. The molecule has 1 N–H and O–H groups in total. The summed E-state index contributed by atoms with van der Waals surface area (Å²) in [6.45, 7) is 13.3. The Kier molecular flexibility index (Phi) is 9.31. The van der Waals surface area contributed by atoms with Crippen LogP contribution in [-0.2, 0) is 19.3 Å². The number of nitrogens with one attached hydrogen (secondary N) is 1. The molecule has 0 radical (unpaired) electrons. The minimum Gasteiger partial charge on any atom is -0.336 e. The molecular formula is C34H39ClN4O2S. The van der Waals surface area contributed by atoms with Gasteiger partial charge in [0.25, 0.3) is 11.5 Å². The van der Waals surface area contributed by atoms with E-state index in [1.165, 1.54) is 11.3 Å². The molecule has 0 bridgehead atoms. The highest BCUT2D eigenvalue weighted by Crippen LogP contribution is 2.35. The van der Waals surface area contributed by atoms with Crippen molar-refractivity contribution in [3.8, 4) is 27.5 Å². The second-order valence-electron chi connectivity index (χ2n) is 11.3. The van der Waals surface area contributed by atoms with E-state index in [0.29, 0.717) is 40.7 Å². The number of amides is 1. The SMILES string of the molecule is CCc1cccc(CC)c1-n1c(CC(C)C)c(C(=O)N2CCNCC2)cc(-c2nc(-c3ccc(Cl)cc3)c(C)s2)c1=O. The molecule has 1 aliphatic rings. The van der Waals surface area contributed by atoms with Gasteiger partial charge in [0, 0.05) is 47.3 Å². The van der Waals surface area contributed by atoms with Crippen molar-refractivity contribution in [2.24, 2.45) is 5.92 Å². The van der Waals surface area contributed by atoms with Gasteiger partial charge in [0.15, 0.2) is 0 Å². The van der Waals surface area contributed by atoms with E-state index in [-0.39, 0.29) is 17.4 Å². The first-order valence-corrected chi connectivity index (χ1v) is 16.1. The van der Waals surface area contributed by atoms with Crippen LogP contribution in [0.5, 0.6) is 0 Å². The van der Waals surface area contributed by atoms with Crippen LogP contribution < -0.4 is 10.9 Å². The third-order valence-corrected chi connectivity index (χ3v) is 9.13. The number of para-hydroxylation sites is 1. The monoisotopic (exact) mass is 602 g/mol. The Labute approximate surface area is 257 Å². The zero-order valence-corrected chi connectivity index (χ0v) is 26.7. The van der Waals surface area contributed by atoms with Gasteiger partial charge in [-0.1, -0.05) is 69.6 Å². The second kappa shape index (κ2) is 12.9. The number of aromatic nitrogens is 2. The van der Waals surface area contributed by atoms with E-state index in [1.54, 1.807) is 0 Å². The molecule has 1 saturated heterocycles. The molecule has 0 spiro atoms. The van der Waals surface area contributed by atoms with Crippen LogP contribution in [0.2, 0.25) is 5.02 Å². The van der Waals surface area contributed by atoms with Crippen LogP contribution in [0.4, 0.5) is 0 Å². The van der Waals surface area contributed by atoms with Crippen molar-refractivity contribution in [1.29, 1.82) is 0 Å². The Morgan fingerprint density at radius 3 is 2.29 bits per heavy atom. The van der Waals surface area contributed by atoms with E-state index >= 15 is 0 Å². The lowest BCUT2D eigenvalue weighted by Gasteiger charge is -2.30. The molecule has 42 heavy (non-hydrogen) atoms. The Morgan fingerprint density at radius 1 is 1.05 bits per heavy atom. The highest BCUT2D eigenvalue weighted by Gasteiger charge is 2.28. The van der Waals surface area contributed by atoms with E-state index < -0.39 is 0 Å². The molecule has 1 amide bonds. The molecule has 1 aliphatic heterocycles. The van der Waals surface area contributed by atoms with E-state index in [2.05, 4.69) is 51.2 Å². The average Bonchev–Trinajstić information content (AvgIpc) is 3.38. The smallest absolute Gasteiger partial charge is 0.265 e. The summed E-state index contributed by atoms with van der Waals surface area (Å²) < 4.78 is 1.86. The first-order chi connectivity index (χ1) is 20.2. The van der Waals surface area contributed by atoms with Gasteiger partial charge >= 0.3 is 0 Å². The number of nitrogens with zero attached hydrogens (tertiary/aromatic N) is 3. The summed E-state index contributed by atoms with van der Waals surface area (Å²) in [6, 6.07) is 15.7. The molecule has 3 heterocycles. The average molecular weight is 603 g/mol. The summed E-state index contributed by atoms with van der Waals surface area (Å²) >= 11 is 7.63. The molecule has 0 unspecified atom stereocenters. The summed E-state index contributed by atoms with van der Waals surface area (Å²) in [5.41, 5.74) is 6.56. The maximum Gasteiger partial charge on any atom is 0.265 e. The number of pyridine rings is 1. The van der Waals surface area contributed by atoms with Crippen molar-refractivity contribution < 1.29 is 4.79 Å². The van der Waals surface area contributed by atoms with Gasteiger partial charge in [-0.25, -0.2) is 4.98 Å². The lowest BCUT2D eigenvalue weighted by molar-refractivity contribution is 0.0733. The first kappa shape index (κ1) is 30.2. The quantitative estimate of drug-likeness (QED) is 0.237. The number of carbonyl (C=O) groups is 1. The molecule has 8 heteroatoms. The fourth-order valence-electron chi connectivity index (χ4n) is 5.74. The minimum atomic E-state index is -0.130. The summed E-state index contributed by atoms with van der Waals surface area (Å²) in [5.74, 6) is 0.217. The van der Waals surface area contributed by atoms with E-state index in [0.717, 1.165) is 64.6 Å². The minimum absolute atomic E-state index is 0.0274. The van der Waals surface area contributed by atoms with Gasteiger partial charge in [0.1, 0.15) is 5.01 Å². The number of hydrogen-bond donors (Lipinski definition) is 1. The van der Waals surface area contributed by atoms with Crippen LogP contribution >= 0.6 is 22.9 Å². The zero-order valence-electron chi connectivity index (χ0n) is 25.1. The normalized spacial score (nSPS) is 13.6. The number of halogens is 1. The number of benzene rings is 2. The molecule has 0 saturated carbocycles. The van der Waals surface area contributed by atoms with Crippen molar-refractivity contribution >= 4 is 28.8 Å². The zero-order chi connectivity index (χ0) is 30.0. The molecule has 4 aromatic rings. The molecule has 0 aliphatic carbocycles. The summed E-state index contributed by atoms with van der Waals surface area (Å²) in [6.07, 6.45) is 2.16. The Bertz CT molecular complexity index is 1630. The van der Waals surface area contributed by atoms with Gasteiger partial charge in [0.05, 0.1) is 22.5 Å². The molecule has 2 aromatic carbocycles. The lowest BCUT2D eigenvalue weighted by atomic mass is 9.97. The predicted molar refractivity (Wildman–Crippen MR) is 174 cm³/mol. The number of aryl methyl sites for hydroxylation is 3. The van der Waals surface area contributed by atoms with Crippen LogP contribution in [0.15, 0.2) is 53.3 Å². The van der Waals surface area contributed by atoms with Gasteiger partial charge in [-0.15, -0.1) is 11.3 Å². The largest absolute Gasteiger partial charge is 0.336 e. The van der Waals surface area contributed by atoms with E-state index in [4.69, 9.17) is 16.6 Å². The van der Waals surface area contributed by atoms with Crippen molar-refractivity contribution in [2.75, 3.05) is 26.2 Å². The Hall–Kier alpha value is -3.26. The maximum absolute atomic E-state index is 14.7. The second-order valence-corrected chi connectivity index (χ2v) is 12.9. The maximum atomic E-state index is 14.7. The van der Waals surface area contributed by atoms with Crippen molar-refractivity contribution in [3.05, 3.63) is 91.2 Å². The number of thiazole rings is 1. The van der Waals surface area contributed by atoms with Gasteiger partial charge in [0.2, 0.25) is 0 Å². The highest BCUT2D eigenvalue weighted by molar-refractivity contribution is 7.15. The number of carbonyl (C=O) groups excluding carboxylic acids is 1. The van der Waals surface area contributed by atoms with Crippen LogP contribution in [0.25, 0.3) is 27.5 Å². The van der Waals surface area contributed by atoms with E-state index in [1.807, 2.05) is 46.7 Å². The summed E-state index contributed by atoms with van der Waals surface area (Å²) in [5, 5.41) is 4.62. The highest BCUT2D eigenvalue weighted by atomic mass is 35.5. The Morgan fingerprint density at radius 2 is 1.69 bits per heavy atom. The van der Waals surface area contributed by atoms with Crippen molar-refractivity contribution in [1.82, 2.24) is 19.8 Å². The van der Waals surface area contributed by atoms with Crippen LogP contribution in [0, 0.1) is 12.8 Å². The number of hydrogen-bond acceptors (Lipinski definition) is 5. The van der Waals surface area contributed by atoms with Crippen LogP contribution in [0.3, 0.4) is 0 Å². The standard InChI is InChI=1S/C34H39ClN4O2S/c1-6-23-9-8-10-24(7-2)31(23)39-29(19-21(3)4)27(33(40)38-17-15-36-16-18-38)20-28(34(39)41)32-37-30(22(5)42-32)25-11-13-26(35)14-12-25/h8-14,20-21,36H,6-7,15-19H2,1-5H3. The number of rotatable bonds is 8. The summed E-state index contributed by atoms with van der Waals surface area (Å²) in [7, 11) is 0. The lowest BCUT2D eigenvalue weighted by Crippen LogP contribution is -2.47. The fourth-order valence-corrected chi connectivity index (χ4v) is 6.81.